The van der Waals surface area contributed by atoms with Gasteiger partial charge in [-0.1, -0.05) is 17.4 Å². The molecule has 0 N–H and O–H groups in total. The van der Waals surface area contributed by atoms with E-state index in [1.54, 1.807) is 18.2 Å². The van der Waals surface area contributed by atoms with Gasteiger partial charge in [0.15, 0.2) is 4.80 Å². The van der Waals surface area contributed by atoms with Crippen LogP contribution in [-0.2, 0) is 23.1 Å². The molecular formula is C25H25N3O4S2. The van der Waals surface area contributed by atoms with Crippen molar-refractivity contribution < 1.29 is 17.6 Å². The summed E-state index contributed by atoms with van der Waals surface area (Å²) in [5.74, 6) is 0.101. The van der Waals surface area contributed by atoms with Gasteiger partial charge in [-0.05, 0) is 73.5 Å². The van der Waals surface area contributed by atoms with Crippen molar-refractivity contribution in [2.45, 2.75) is 31.8 Å². The van der Waals surface area contributed by atoms with E-state index in [1.807, 2.05) is 11.5 Å². The van der Waals surface area contributed by atoms with Crippen LogP contribution in [0.15, 0.2) is 81.8 Å². The van der Waals surface area contributed by atoms with Crippen LogP contribution in [0.25, 0.3) is 10.2 Å². The summed E-state index contributed by atoms with van der Waals surface area (Å²) in [6, 6.07) is 13.4. The smallest absolute Gasteiger partial charge is 0.279 e. The molecule has 4 rings (SSSR count). The maximum absolute atomic E-state index is 12.9. The maximum atomic E-state index is 12.9. The molecule has 4 aromatic rings. The van der Waals surface area contributed by atoms with Crippen molar-refractivity contribution in [1.82, 2.24) is 8.87 Å². The van der Waals surface area contributed by atoms with Crippen LogP contribution in [0, 0.1) is 13.8 Å². The third kappa shape index (κ3) is 4.68. The topological polar surface area (TPSA) is 84.9 Å². The number of thiazole rings is 1. The van der Waals surface area contributed by atoms with Crippen LogP contribution in [0.2, 0.25) is 0 Å². The standard InChI is InChI=1S/C25H25N3O4S2/c1-5-12-28-22-14-17(2)18(3)15-23(22)33-25(28)26-24(29)19-8-10-21(11-9-19)34(30,31)27(4)16-20-7-6-13-32-20/h5-11,13-15H,1,12,16H2,2-4H3. The molecule has 7 nitrogen and oxygen atoms in total. The highest BCUT2D eigenvalue weighted by Crippen LogP contribution is 2.22. The number of benzene rings is 2. The zero-order valence-corrected chi connectivity index (χ0v) is 20.8. The lowest BCUT2D eigenvalue weighted by molar-refractivity contribution is 0.0997. The molecule has 9 heteroatoms. The van der Waals surface area contributed by atoms with Gasteiger partial charge < -0.3 is 8.98 Å². The van der Waals surface area contributed by atoms with Crippen molar-refractivity contribution >= 4 is 37.5 Å². The number of hydrogen-bond acceptors (Lipinski definition) is 5. The summed E-state index contributed by atoms with van der Waals surface area (Å²) >= 11 is 1.44. The molecule has 1 amide bonds. The van der Waals surface area contributed by atoms with Gasteiger partial charge in [0.05, 0.1) is 27.9 Å². The first-order valence-electron chi connectivity index (χ1n) is 10.6. The summed E-state index contributed by atoms with van der Waals surface area (Å²) in [7, 11) is -2.26. The number of sulfonamides is 1. The van der Waals surface area contributed by atoms with Gasteiger partial charge in [-0.2, -0.15) is 9.30 Å². The van der Waals surface area contributed by atoms with Gasteiger partial charge in [-0.25, -0.2) is 8.42 Å². The van der Waals surface area contributed by atoms with E-state index in [9.17, 15) is 13.2 Å². The Morgan fingerprint density at radius 2 is 1.88 bits per heavy atom. The van der Waals surface area contributed by atoms with Gasteiger partial charge in [-0.3, -0.25) is 4.79 Å². The van der Waals surface area contributed by atoms with Gasteiger partial charge in [0.1, 0.15) is 5.76 Å². The number of amides is 1. The molecule has 0 aliphatic carbocycles. The summed E-state index contributed by atoms with van der Waals surface area (Å²) in [4.78, 5) is 17.9. The molecule has 34 heavy (non-hydrogen) atoms. The van der Waals surface area contributed by atoms with Crippen LogP contribution in [0.1, 0.15) is 27.2 Å². The molecule has 0 unspecified atom stereocenters. The van der Waals surface area contributed by atoms with Crippen LogP contribution < -0.4 is 4.80 Å². The van der Waals surface area contributed by atoms with Crippen molar-refractivity contribution in [3.05, 3.63) is 94.7 Å². The Bertz CT molecular complexity index is 1530. The van der Waals surface area contributed by atoms with E-state index in [4.69, 9.17) is 4.42 Å². The molecule has 0 aliphatic heterocycles. The normalized spacial score (nSPS) is 12.5. The van der Waals surface area contributed by atoms with E-state index in [0.717, 1.165) is 15.8 Å². The summed E-state index contributed by atoms with van der Waals surface area (Å²) in [6.45, 7) is 8.56. The van der Waals surface area contributed by atoms with Gasteiger partial charge in [0.2, 0.25) is 10.0 Å². The highest BCUT2D eigenvalue weighted by Gasteiger charge is 2.22. The number of carbonyl (C=O) groups is 1. The zero-order chi connectivity index (χ0) is 24.5. The Balaban J connectivity index is 1.64. The van der Waals surface area contributed by atoms with E-state index in [1.165, 1.54) is 58.8 Å². The number of aryl methyl sites for hydroxylation is 2. The fraction of sp³-hybridized carbons (Fsp3) is 0.200. The minimum atomic E-state index is -3.74. The molecule has 0 atom stereocenters. The summed E-state index contributed by atoms with van der Waals surface area (Å²) in [5.41, 5.74) is 3.64. The molecule has 0 saturated heterocycles. The molecular weight excluding hydrogens is 470 g/mol. The second-order valence-corrected chi connectivity index (χ2v) is 11.0. The molecule has 2 heterocycles. The minimum absolute atomic E-state index is 0.0904. The van der Waals surface area contributed by atoms with Crippen molar-refractivity contribution in [2.24, 2.45) is 4.99 Å². The molecule has 0 bridgehead atoms. The average Bonchev–Trinajstić information content (AvgIpc) is 3.43. The third-order valence-corrected chi connectivity index (χ3v) is 8.43. The minimum Gasteiger partial charge on any atom is -0.468 e. The Morgan fingerprint density at radius 1 is 1.18 bits per heavy atom. The summed E-state index contributed by atoms with van der Waals surface area (Å²) in [6.07, 6.45) is 3.26. The van der Waals surface area contributed by atoms with Crippen molar-refractivity contribution in [1.29, 1.82) is 0 Å². The highest BCUT2D eigenvalue weighted by atomic mass is 32.2. The van der Waals surface area contributed by atoms with E-state index in [0.29, 0.717) is 22.7 Å². The number of allylic oxidation sites excluding steroid dienone is 1. The van der Waals surface area contributed by atoms with Crippen LogP contribution in [-0.4, -0.2) is 30.2 Å². The second kappa shape index (κ2) is 9.54. The number of aromatic nitrogens is 1. The molecule has 2 aromatic heterocycles. The largest absolute Gasteiger partial charge is 0.468 e. The highest BCUT2D eigenvalue weighted by molar-refractivity contribution is 7.89. The lowest BCUT2D eigenvalue weighted by atomic mass is 10.1. The lowest BCUT2D eigenvalue weighted by Crippen LogP contribution is -2.26. The van der Waals surface area contributed by atoms with Crippen molar-refractivity contribution in [3.63, 3.8) is 0 Å². The van der Waals surface area contributed by atoms with Gasteiger partial charge in [-0.15, -0.1) is 6.58 Å². The third-order valence-electron chi connectivity index (χ3n) is 5.58. The quantitative estimate of drug-likeness (QED) is 0.349. The van der Waals surface area contributed by atoms with Crippen molar-refractivity contribution in [2.75, 3.05) is 7.05 Å². The van der Waals surface area contributed by atoms with Crippen LogP contribution in [0.5, 0.6) is 0 Å². The number of rotatable bonds is 7. The Morgan fingerprint density at radius 3 is 2.53 bits per heavy atom. The number of nitrogens with zero attached hydrogens (tertiary/aromatic N) is 3. The zero-order valence-electron chi connectivity index (χ0n) is 19.2. The molecule has 176 valence electrons. The SMILES string of the molecule is C=CCn1c(=NC(=O)c2ccc(S(=O)(=O)N(C)Cc3ccco3)cc2)sc2cc(C)c(C)cc21. The molecule has 2 aromatic carbocycles. The van der Waals surface area contributed by atoms with Crippen LogP contribution >= 0.6 is 11.3 Å². The Kier molecular flexibility index (Phi) is 6.70. The summed E-state index contributed by atoms with van der Waals surface area (Å²) in [5, 5.41) is 0. The summed E-state index contributed by atoms with van der Waals surface area (Å²) < 4.78 is 35.2. The Hall–Kier alpha value is -3.27. The molecule has 0 aliphatic rings. The molecule has 0 saturated carbocycles. The van der Waals surface area contributed by atoms with Gasteiger partial charge in [0.25, 0.3) is 5.91 Å². The van der Waals surface area contributed by atoms with Crippen LogP contribution in [0.3, 0.4) is 0 Å². The lowest BCUT2D eigenvalue weighted by Gasteiger charge is -2.16. The molecule has 0 spiro atoms. The predicted octanol–water partition coefficient (Wildman–Crippen LogP) is 4.66. The van der Waals surface area contributed by atoms with E-state index in [-0.39, 0.29) is 11.4 Å². The first-order valence-corrected chi connectivity index (χ1v) is 12.9. The first kappa shape index (κ1) is 23.9. The van der Waals surface area contributed by atoms with Gasteiger partial charge in [0, 0.05) is 19.2 Å². The molecule has 0 fully saturated rings. The maximum Gasteiger partial charge on any atom is 0.279 e. The monoisotopic (exact) mass is 495 g/mol. The van der Waals surface area contributed by atoms with E-state index in [2.05, 4.69) is 30.6 Å². The van der Waals surface area contributed by atoms with Crippen LogP contribution in [0.4, 0.5) is 0 Å². The molecule has 0 radical (unpaired) electrons. The van der Waals surface area contributed by atoms with E-state index >= 15 is 0 Å². The number of carbonyl (C=O) groups excluding carboxylic acids is 1. The first-order chi connectivity index (χ1) is 16.2. The van der Waals surface area contributed by atoms with Gasteiger partial charge >= 0.3 is 0 Å². The fourth-order valence-corrected chi connectivity index (χ4v) is 5.78. The Labute approximate surface area is 202 Å². The second-order valence-electron chi connectivity index (χ2n) is 7.97. The van der Waals surface area contributed by atoms with Crippen molar-refractivity contribution in [3.8, 4) is 0 Å². The average molecular weight is 496 g/mol. The van der Waals surface area contributed by atoms with E-state index < -0.39 is 15.9 Å². The number of furan rings is 1. The predicted molar refractivity (Wildman–Crippen MR) is 133 cm³/mol. The number of hydrogen-bond donors (Lipinski definition) is 0. The number of fused-ring (bicyclic) bond motifs is 1. The fourth-order valence-electron chi connectivity index (χ4n) is 3.52.